The third kappa shape index (κ3) is 9.39. The highest BCUT2D eigenvalue weighted by Crippen LogP contribution is 2.01. The Bertz CT molecular complexity index is 126. The highest BCUT2D eigenvalue weighted by atomic mass is 16.6. The van der Waals surface area contributed by atoms with E-state index in [1.165, 1.54) is 0 Å². The molecule has 0 aromatic heterocycles. The summed E-state index contributed by atoms with van der Waals surface area (Å²) in [6, 6.07) is 0. The topological polar surface area (TPSA) is 64.3 Å². The first-order valence-corrected chi connectivity index (χ1v) is 4.26. The highest BCUT2D eigenvalue weighted by Gasteiger charge is 1.95. The molecule has 12 heavy (non-hydrogen) atoms. The number of primary amides is 1. The van der Waals surface area contributed by atoms with E-state index in [4.69, 9.17) is 10.6 Å². The lowest BCUT2D eigenvalue weighted by Crippen LogP contribution is -2.25. The number of nitrogens with one attached hydrogen (secondary N) is 1. The molecule has 0 bridgehead atoms. The average Bonchev–Trinajstić information content (AvgIpc) is 1.95. The van der Waals surface area contributed by atoms with Crippen LogP contribution < -0.4 is 11.2 Å². The van der Waals surface area contributed by atoms with Crippen LogP contribution >= 0.6 is 0 Å². The molecule has 0 saturated heterocycles. The Kier molecular flexibility index (Phi) is 6.70. The van der Waals surface area contributed by atoms with Gasteiger partial charge >= 0.3 is 0 Å². The molecular weight excluding hydrogens is 156 g/mol. The molecule has 1 amide bonds. The Morgan fingerprint density at radius 1 is 1.58 bits per heavy atom. The van der Waals surface area contributed by atoms with Crippen molar-refractivity contribution in [2.24, 2.45) is 11.7 Å². The van der Waals surface area contributed by atoms with E-state index in [2.05, 4.69) is 19.3 Å². The van der Waals surface area contributed by atoms with Crippen molar-refractivity contribution in [3.05, 3.63) is 0 Å². The van der Waals surface area contributed by atoms with Crippen LogP contribution in [0.5, 0.6) is 0 Å². The zero-order chi connectivity index (χ0) is 9.40. The summed E-state index contributed by atoms with van der Waals surface area (Å²) in [5.41, 5.74) is 7.52. The number of hydroxylamine groups is 1. The minimum Gasteiger partial charge on any atom is -0.368 e. The maximum atomic E-state index is 10.2. The van der Waals surface area contributed by atoms with E-state index in [9.17, 15) is 4.79 Å². The van der Waals surface area contributed by atoms with E-state index in [0.29, 0.717) is 5.92 Å². The summed E-state index contributed by atoms with van der Waals surface area (Å²) in [7, 11) is 0. The van der Waals surface area contributed by atoms with E-state index in [-0.39, 0.29) is 6.61 Å². The van der Waals surface area contributed by atoms with Gasteiger partial charge in [-0.1, -0.05) is 13.8 Å². The van der Waals surface area contributed by atoms with Gasteiger partial charge in [-0.25, -0.2) is 5.48 Å². The summed E-state index contributed by atoms with van der Waals surface area (Å²) in [6.07, 6.45) is 2.21. The SMILES string of the molecule is CC(C)CCCNOCC(N)=O. The zero-order valence-electron chi connectivity index (χ0n) is 7.80. The summed E-state index contributed by atoms with van der Waals surface area (Å²) in [5, 5.41) is 0. The molecule has 0 aliphatic rings. The molecule has 0 rings (SSSR count). The van der Waals surface area contributed by atoms with Crippen molar-refractivity contribution >= 4 is 5.91 Å². The average molecular weight is 174 g/mol. The number of nitrogens with two attached hydrogens (primary N) is 1. The van der Waals surface area contributed by atoms with Crippen LogP contribution in [0, 0.1) is 5.92 Å². The summed E-state index contributed by atoms with van der Waals surface area (Å²) in [4.78, 5) is 14.9. The lowest BCUT2D eigenvalue weighted by molar-refractivity contribution is -0.125. The van der Waals surface area contributed by atoms with Crippen LogP contribution in [0.1, 0.15) is 26.7 Å². The molecule has 72 valence electrons. The highest BCUT2D eigenvalue weighted by molar-refractivity contribution is 5.74. The molecule has 4 nitrogen and oxygen atoms in total. The van der Waals surface area contributed by atoms with Gasteiger partial charge in [0.1, 0.15) is 6.61 Å². The molecule has 0 aromatic carbocycles. The van der Waals surface area contributed by atoms with Gasteiger partial charge in [-0.05, 0) is 18.8 Å². The third-order valence-corrected chi connectivity index (χ3v) is 1.38. The van der Waals surface area contributed by atoms with Gasteiger partial charge in [0, 0.05) is 6.54 Å². The minimum atomic E-state index is -0.452. The molecule has 0 saturated carbocycles. The van der Waals surface area contributed by atoms with Crippen molar-refractivity contribution in [1.29, 1.82) is 0 Å². The maximum absolute atomic E-state index is 10.2. The van der Waals surface area contributed by atoms with Crippen molar-refractivity contribution < 1.29 is 9.63 Å². The fourth-order valence-electron chi connectivity index (χ4n) is 0.777. The Balaban J connectivity index is 2.96. The van der Waals surface area contributed by atoms with E-state index in [0.717, 1.165) is 19.4 Å². The monoisotopic (exact) mass is 174 g/mol. The second kappa shape index (κ2) is 7.06. The molecule has 3 N–H and O–H groups in total. The molecule has 0 spiro atoms. The first-order chi connectivity index (χ1) is 5.63. The number of rotatable bonds is 7. The maximum Gasteiger partial charge on any atom is 0.245 e. The second-order valence-electron chi connectivity index (χ2n) is 3.19. The standard InChI is InChI=1S/C8H18N2O2/c1-7(2)4-3-5-10-12-6-8(9)11/h7,10H,3-6H2,1-2H3,(H2,9,11). The Labute approximate surface area is 73.4 Å². The van der Waals surface area contributed by atoms with Crippen LogP contribution in [-0.2, 0) is 9.63 Å². The quantitative estimate of drug-likeness (QED) is 0.434. The van der Waals surface area contributed by atoms with Crippen LogP contribution in [0.2, 0.25) is 0 Å². The van der Waals surface area contributed by atoms with Gasteiger partial charge < -0.3 is 5.73 Å². The van der Waals surface area contributed by atoms with Crippen molar-refractivity contribution in [3.8, 4) is 0 Å². The Hall–Kier alpha value is -0.610. The van der Waals surface area contributed by atoms with Gasteiger partial charge in [0.25, 0.3) is 0 Å². The molecule has 0 unspecified atom stereocenters. The van der Waals surface area contributed by atoms with Gasteiger partial charge in [0.05, 0.1) is 0 Å². The molecule has 0 radical (unpaired) electrons. The molecule has 0 fully saturated rings. The summed E-state index contributed by atoms with van der Waals surface area (Å²) in [6.45, 7) is 5.06. The van der Waals surface area contributed by atoms with Crippen molar-refractivity contribution in [2.45, 2.75) is 26.7 Å². The van der Waals surface area contributed by atoms with Crippen molar-refractivity contribution in [2.75, 3.05) is 13.2 Å². The van der Waals surface area contributed by atoms with E-state index in [1.807, 2.05) is 0 Å². The second-order valence-corrected chi connectivity index (χ2v) is 3.19. The summed E-state index contributed by atoms with van der Waals surface area (Å²) < 4.78 is 0. The molecule has 0 aliphatic carbocycles. The summed E-state index contributed by atoms with van der Waals surface area (Å²) in [5.74, 6) is 0.259. The van der Waals surface area contributed by atoms with Gasteiger partial charge in [0.15, 0.2) is 0 Å². The van der Waals surface area contributed by atoms with Crippen LogP contribution in [-0.4, -0.2) is 19.1 Å². The lowest BCUT2D eigenvalue weighted by atomic mass is 10.1. The Morgan fingerprint density at radius 3 is 2.75 bits per heavy atom. The van der Waals surface area contributed by atoms with Gasteiger partial charge in [-0.2, -0.15) is 0 Å². The molecule has 0 atom stereocenters. The van der Waals surface area contributed by atoms with Gasteiger partial charge in [-0.3, -0.25) is 9.63 Å². The lowest BCUT2D eigenvalue weighted by Gasteiger charge is -2.05. The fraction of sp³-hybridized carbons (Fsp3) is 0.875. The number of carbonyl (C=O) groups excluding carboxylic acids is 1. The van der Waals surface area contributed by atoms with Crippen LogP contribution in [0.4, 0.5) is 0 Å². The van der Waals surface area contributed by atoms with E-state index >= 15 is 0 Å². The fourth-order valence-corrected chi connectivity index (χ4v) is 0.777. The molecule has 0 heterocycles. The minimum absolute atomic E-state index is 0.0539. The van der Waals surface area contributed by atoms with E-state index in [1.54, 1.807) is 0 Å². The summed E-state index contributed by atoms with van der Waals surface area (Å²) >= 11 is 0. The third-order valence-electron chi connectivity index (χ3n) is 1.38. The van der Waals surface area contributed by atoms with Crippen molar-refractivity contribution in [3.63, 3.8) is 0 Å². The first kappa shape index (κ1) is 11.4. The van der Waals surface area contributed by atoms with Crippen molar-refractivity contribution in [1.82, 2.24) is 5.48 Å². The smallest absolute Gasteiger partial charge is 0.245 e. The van der Waals surface area contributed by atoms with Gasteiger partial charge in [-0.15, -0.1) is 0 Å². The number of hydrogen-bond acceptors (Lipinski definition) is 3. The largest absolute Gasteiger partial charge is 0.368 e. The Morgan fingerprint density at radius 2 is 2.25 bits per heavy atom. The van der Waals surface area contributed by atoms with E-state index < -0.39 is 5.91 Å². The molecule has 4 heteroatoms. The number of carbonyl (C=O) groups is 1. The van der Waals surface area contributed by atoms with Gasteiger partial charge in [0.2, 0.25) is 5.91 Å². The predicted octanol–water partition coefficient (Wildman–Crippen LogP) is 0.429. The first-order valence-electron chi connectivity index (χ1n) is 4.26. The normalized spacial score (nSPS) is 10.6. The van der Waals surface area contributed by atoms with Crippen LogP contribution in [0.3, 0.4) is 0 Å². The molecule has 0 aliphatic heterocycles. The molecular formula is C8H18N2O2. The number of hydrogen-bond donors (Lipinski definition) is 2. The zero-order valence-corrected chi connectivity index (χ0v) is 7.80. The molecule has 0 aromatic rings. The van der Waals surface area contributed by atoms with Crippen LogP contribution in [0.15, 0.2) is 0 Å². The number of amides is 1. The van der Waals surface area contributed by atoms with Crippen LogP contribution in [0.25, 0.3) is 0 Å². The predicted molar refractivity (Wildman–Crippen MR) is 47.2 cm³/mol.